The number of hydrogen-bond acceptors (Lipinski definition) is 3. The highest BCUT2D eigenvalue weighted by atomic mass is 16.5. The number of ether oxygens (including phenoxy) is 1. The summed E-state index contributed by atoms with van der Waals surface area (Å²) in [7, 11) is 0. The summed E-state index contributed by atoms with van der Waals surface area (Å²) in [5, 5.41) is 7.96. The minimum absolute atomic E-state index is 0.0883. The minimum Gasteiger partial charge on any atom is -0.487 e. The van der Waals surface area contributed by atoms with Gasteiger partial charge in [-0.25, -0.2) is 11.3 Å². The molecule has 92 valence electrons. The molecule has 5 nitrogen and oxygen atoms in total. The molecule has 0 fully saturated rings. The fourth-order valence-electron chi connectivity index (χ4n) is 1.48. The average molecular weight is 242 g/mol. The second kappa shape index (κ2) is 5.82. The molecule has 0 aliphatic rings. The summed E-state index contributed by atoms with van der Waals surface area (Å²) in [6, 6.07) is 9.48. The molecule has 1 atom stereocenters. The number of nitrogens with zero attached hydrogens (tertiary/aromatic N) is 4. The lowest BCUT2D eigenvalue weighted by molar-refractivity contribution is 0.301. The van der Waals surface area contributed by atoms with Crippen LogP contribution in [0.5, 0.6) is 5.75 Å². The van der Waals surface area contributed by atoms with Crippen LogP contribution in [-0.2, 0) is 13.2 Å². The molecule has 0 N–H and O–H groups in total. The van der Waals surface area contributed by atoms with E-state index in [1.165, 1.54) is 0 Å². The fraction of sp³-hybridized carbons (Fsp3) is 0.308. The molecule has 0 spiro atoms. The zero-order valence-electron chi connectivity index (χ0n) is 10.2. The molecule has 0 aliphatic carbocycles. The van der Waals surface area contributed by atoms with Gasteiger partial charge < -0.3 is 9.58 Å². The SMILES string of the molecule is [C-]#[N+][C@@H](C)Cn1cc(COc2ccccc2)nn1. The van der Waals surface area contributed by atoms with E-state index in [4.69, 9.17) is 11.3 Å². The summed E-state index contributed by atoms with van der Waals surface area (Å²) in [5.41, 5.74) is 0.760. The van der Waals surface area contributed by atoms with E-state index in [9.17, 15) is 0 Å². The minimum atomic E-state index is -0.0883. The predicted octanol–water partition coefficient (Wildman–Crippen LogP) is 2.16. The molecule has 0 aliphatic heterocycles. The van der Waals surface area contributed by atoms with Crippen molar-refractivity contribution in [2.75, 3.05) is 0 Å². The third-order valence-electron chi connectivity index (χ3n) is 2.39. The summed E-state index contributed by atoms with van der Waals surface area (Å²) in [5.74, 6) is 0.807. The van der Waals surface area contributed by atoms with E-state index in [0.717, 1.165) is 11.4 Å². The van der Waals surface area contributed by atoms with E-state index in [-0.39, 0.29) is 6.04 Å². The lowest BCUT2D eigenvalue weighted by Crippen LogP contribution is -2.09. The van der Waals surface area contributed by atoms with Crippen LogP contribution in [0.4, 0.5) is 0 Å². The largest absolute Gasteiger partial charge is 0.487 e. The Labute approximate surface area is 106 Å². The van der Waals surface area contributed by atoms with Crippen LogP contribution in [-0.4, -0.2) is 21.0 Å². The zero-order chi connectivity index (χ0) is 12.8. The lowest BCUT2D eigenvalue weighted by Gasteiger charge is -2.02. The van der Waals surface area contributed by atoms with Gasteiger partial charge in [-0.15, -0.1) is 5.10 Å². The van der Waals surface area contributed by atoms with Gasteiger partial charge in [0.1, 0.15) is 24.6 Å². The Bertz CT molecular complexity index is 529. The highest BCUT2D eigenvalue weighted by molar-refractivity contribution is 5.21. The highest BCUT2D eigenvalue weighted by Crippen LogP contribution is 2.10. The maximum atomic E-state index is 6.90. The van der Waals surface area contributed by atoms with Gasteiger partial charge in [-0.1, -0.05) is 23.4 Å². The van der Waals surface area contributed by atoms with Crippen molar-refractivity contribution in [3.05, 3.63) is 53.6 Å². The molecule has 1 aromatic heterocycles. The first-order valence-corrected chi connectivity index (χ1v) is 5.71. The van der Waals surface area contributed by atoms with Crippen LogP contribution in [0.2, 0.25) is 0 Å². The first-order chi connectivity index (χ1) is 8.78. The van der Waals surface area contributed by atoms with Gasteiger partial charge in [-0.2, -0.15) is 0 Å². The Kier molecular flexibility index (Phi) is 3.92. The topological polar surface area (TPSA) is 44.3 Å². The monoisotopic (exact) mass is 242 g/mol. The summed E-state index contributed by atoms with van der Waals surface area (Å²) < 4.78 is 7.23. The molecule has 0 bridgehead atoms. The number of hydrogen-bond donors (Lipinski definition) is 0. The van der Waals surface area contributed by atoms with E-state index in [1.807, 2.05) is 43.5 Å². The fourth-order valence-corrected chi connectivity index (χ4v) is 1.48. The van der Waals surface area contributed by atoms with E-state index in [0.29, 0.717) is 13.2 Å². The van der Waals surface area contributed by atoms with E-state index in [1.54, 1.807) is 4.68 Å². The van der Waals surface area contributed by atoms with Gasteiger partial charge in [-0.05, 0) is 12.1 Å². The predicted molar refractivity (Wildman–Crippen MR) is 66.9 cm³/mol. The zero-order valence-corrected chi connectivity index (χ0v) is 10.2. The molecule has 2 aromatic rings. The summed E-state index contributed by atoms with van der Waals surface area (Å²) >= 11 is 0. The molecule has 0 amide bonds. The molecule has 0 unspecified atom stereocenters. The van der Waals surface area contributed by atoms with Crippen molar-refractivity contribution in [3.63, 3.8) is 0 Å². The summed E-state index contributed by atoms with van der Waals surface area (Å²) in [6.07, 6.45) is 1.81. The smallest absolute Gasteiger partial charge is 0.240 e. The molecule has 18 heavy (non-hydrogen) atoms. The second-order valence-electron chi connectivity index (χ2n) is 4.01. The van der Waals surface area contributed by atoms with E-state index < -0.39 is 0 Å². The number of rotatable bonds is 5. The summed E-state index contributed by atoms with van der Waals surface area (Å²) in [6.45, 7) is 9.70. The Morgan fingerprint density at radius 1 is 1.39 bits per heavy atom. The molecule has 5 heteroatoms. The molecular weight excluding hydrogens is 228 g/mol. The first kappa shape index (κ1) is 12.1. The van der Waals surface area contributed by atoms with E-state index in [2.05, 4.69) is 15.2 Å². The Morgan fingerprint density at radius 3 is 2.89 bits per heavy atom. The van der Waals surface area contributed by atoms with Crippen LogP contribution in [0, 0.1) is 6.57 Å². The van der Waals surface area contributed by atoms with Gasteiger partial charge in [0.05, 0.1) is 6.20 Å². The van der Waals surface area contributed by atoms with Crippen molar-refractivity contribution in [1.29, 1.82) is 0 Å². The van der Waals surface area contributed by atoms with Gasteiger partial charge in [0.25, 0.3) is 0 Å². The van der Waals surface area contributed by atoms with Crippen LogP contribution in [0.15, 0.2) is 36.5 Å². The summed E-state index contributed by atoms with van der Waals surface area (Å²) in [4.78, 5) is 3.42. The van der Waals surface area contributed by atoms with Gasteiger partial charge in [0.2, 0.25) is 6.04 Å². The van der Waals surface area contributed by atoms with Crippen molar-refractivity contribution < 1.29 is 4.74 Å². The highest BCUT2D eigenvalue weighted by Gasteiger charge is 2.08. The normalized spacial score (nSPS) is 11.8. The average Bonchev–Trinajstić information content (AvgIpc) is 2.85. The van der Waals surface area contributed by atoms with E-state index >= 15 is 0 Å². The van der Waals surface area contributed by atoms with Crippen molar-refractivity contribution in [3.8, 4) is 5.75 Å². The molecule has 1 heterocycles. The van der Waals surface area contributed by atoms with Crippen LogP contribution < -0.4 is 4.74 Å². The van der Waals surface area contributed by atoms with Crippen molar-refractivity contribution >= 4 is 0 Å². The maximum Gasteiger partial charge on any atom is 0.240 e. The van der Waals surface area contributed by atoms with Crippen LogP contribution in [0.1, 0.15) is 12.6 Å². The van der Waals surface area contributed by atoms with Crippen LogP contribution in [0.3, 0.4) is 0 Å². The quantitative estimate of drug-likeness (QED) is 0.755. The number of aromatic nitrogens is 3. The molecule has 0 radical (unpaired) electrons. The molecule has 1 aromatic carbocycles. The maximum absolute atomic E-state index is 6.90. The molecular formula is C13H14N4O. The number of benzene rings is 1. The Morgan fingerprint density at radius 2 is 2.17 bits per heavy atom. The standard InChI is InChI=1S/C13H14N4O/c1-11(14-2)8-17-9-12(15-16-17)10-18-13-6-4-3-5-7-13/h3-7,9,11H,8,10H2,1H3/t11-/m0/s1. The van der Waals surface area contributed by atoms with Crippen molar-refractivity contribution in [2.24, 2.45) is 0 Å². The molecule has 0 saturated heterocycles. The molecule has 0 saturated carbocycles. The van der Waals surface area contributed by atoms with Crippen molar-refractivity contribution in [2.45, 2.75) is 26.1 Å². The first-order valence-electron chi connectivity index (χ1n) is 5.71. The van der Waals surface area contributed by atoms with Crippen LogP contribution >= 0.6 is 0 Å². The van der Waals surface area contributed by atoms with Gasteiger partial charge in [-0.3, -0.25) is 0 Å². The van der Waals surface area contributed by atoms with Crippen molar-refractivity contribution in [1.82, 2.24) is 15.0 Å². The Hall–Kier alpha value is -2.35. The third kappa shape index (κ3) is 3.32. The lowest BCUT2D eigenvalue weighted by atomic mass is 10.3. The molecule has 2 rings (SSSR count). The number of para-hydroxylation sites is 1. The van der Waals surface area contributed by atoms with Crippen LogP contribution in [0.25, 0.3) is 4.85 Å². The second-order valence-corrected chi connectivity index (χ2v) is 4.01. The van der Waals surface area contributed by atoms with Gasteiger partial charge in [0, 0.05) is 6.92 Å². The third-order valence-corrected chi connectivity index (χ3v) is 2.39. The Balaban J connectivity index is 1.89. The van der Waals surface area contributed by atoms with Gasteiger partial charge >= 0.3 is 0 Å². The van der Waals surface area contributed by atoms with Gasteiger partial charge in [0.15, 0.2) is 0 Å².